The smallest absolute Gasteiger partial charge is 0.311 e. The van der Waals surface area contributed by atoms with Crippen molar-refractivity contribution >= 4 is 17.8 Å². The van der Waals surface area contributed by atoms with E-state index >= 15 is 0 Å². The van der Waals surface area contributed by atoms with Crippen LogP contribution in [0.5, 0.6) is 0 Å². The lowest BCUT2D eigenvalue weighted by Crippen LogP contribution is -2.22. The van der Waals surface area contributed by atoms with Gasteiger partial charge in [-0.1, -0.05) is 38.1 Å². The average molecular weight is 275 g/mol. The lowest BCUT2D eigenvalue weighted by atomic mass is 10.2. The van der Waals surface area contributed by atoms with Gasteiger partial charge in [0.05, 0.1) is 0 Å². The van der Waals surface area contributed by atoms with Gasteiger partial charge < -0.3 is 5.32 Å². The normalized spacial score (nSPS) is 12.6. The predicted molar refractivity (Wildman–Crippen MR) is 70.5 cm³/mol. The highest BCUT2D eigenvalue weighted by atomic mass is 32.2. The van der Waals surface area contributed by atoms with E-state index in [1.54, 1.807) is 12.1 Å². The average Bonchev–Trinajstić information content (AvgIpc) is 2.24. The summed E-state index contributed by atoms with van der Waals surface area (Å²) in [5.74, 6) is 0. The molecule has 1 N–H and O–H groups in total. The maximum Gasteiger partial charge on any atom is 0.446 e. The van der Waals surface area contributed by atoms with Crippen LogP contribution in [-0.2, 0) is 0 Å². The maximum atomic E-state index is 12.1. The first-order valence-electron chi connectivity index (χ1n) is 5.62. The second-order valence-electron chi connectivity index (χ2n) is 4.08. The summed E-state index contributed by atoms with van der Waals surface area (Å²) in [6, 6.07) is 6.74. The molecule has 0 saturated carbocycles. The molecule has 18 heavy (non-hydrogen) atoms. The Bertz CT molecular complexity index is 382. The van der Waals surface area contributed by atoms with Gasteiger partial charge >= 0.3 is 5.51 Å². The molecule has 0 atom stereocenters. The molecule has 0 aliphatic carbocycles. The summed E-state index contributed by atoms with van der Waals surface area (Å²) in [4.78, 5) is 0.208. The first kappa shape index (κ1) is 15.1. The van der Waals surface area contributed by atoms with Crippen LogP contribution in [0.25, 0.3) is 6.08 Å². The number of thioether (sulfide) groups is 1. The third kappa shape index (κ3) is 6.71. The first-order chi connectivity index (χ1) is 8.37. The van der Waals surface area contributed by atoms with Crippen LogP contribution in [0.1, 0.15) is 19.4 Å². The van der Waals surface area contributed by atoms with Crippen LogP contribution in [0.3, 0.4) is 0 Å². The quantitative estimate of drug-likeness (QED) is 0.804. The Kier molecular flexibility index (Phi) is 5.75. The fourth-order valence-electron chi connectivity index (χ4n) is 1.28. The second kappa shape index (κ2) is 6.85. The van der Waals surface area contributed by atoms with Gasteiger partial charge in [-0.05, 0) is 29.5 Å². The van der Waals surface area contributed by atoms with E-state index in [0.717, 1.165) is 12.1 Å². The lowest BCUT2D eigenvalue weighted by Gasteiger charge is -2.05. The summed E-state index contributed by atoms with van der Waals surface area (Å²) >= 11 is -0.0947. The van der Waals surface area contributed by atoms with E-state index in [2.05, 4.69) is 19.2 Å². The molecular weight excluding hydrogens is 259 g/mol. The third-order valence-corrected chi connectivity index (χ3v) is 2.81. The standard InChI is InChI=1S/C13H16F3NS/c1-10(2)17-9-3-4-11-5-7-12(8-6-11)18-13(14,15)16/h3-8,10,17H,9H2,1-2H3. The van der Waals surface area contributed by atoms with Gasteiger partial charge in [-0.15, -0.1) is 0 Å². The fraction of sp³-hybridized carbons (Fsp3) is 0.385. The second-order valence-corrected chi connectivity index (χ2v) is 5.22. The number of nitrogens with one attached hydrogen (secondary N) is 1. The summed E-state index contributed by atoms with van der Waals surface area (Å²) in [6.45, 7) is 4.85. The Balaban J connectivity index is 2.50. The maximum absolute atomic E-state index is 12.1. The molecule has 0 bridgehead atoms. The minimum absolute atomic E-state index is 0.0947. The topological polar surface area (TPSA) is 12.0 Å². The van der Waals surface area contributed by atoms with Crippen LogP contribution < -0.4 is 5.32 Å². The minimum Gasteiger partial charge on any atom is -0.311 e. The largest absolute Gasteiger partial charge is 0.446 e. The van der Waals surface area contributed by atoms with Crippen molar-refractivity contribution in [3.05, 3.63) is 35.9 Å². The van der Waals surface area contributed by atoms with E-state index in [4.69, 9.17) is 0 Å². The van der Waals surface area contributed by atoms with Crippen molar-refractivity contribution in [2.24, 2.45) is 0 Å². The number of benzene rings is 1. The number of halogens is 3. The van der Waals surface area contributed by atoms with Gasteiger partial charge in [0.2, 0.25) is 0 Å². The molecule has 0 unspecified atom stereocenters. The highest BCUT2D eigenvalue weighted by Crippen LogP contribution is 2.36. The van der Waals surface area contributed by atoms with Crippen LogP contribution in [0.2, 0.25) is 0 Å². The zero-order chi connectivity index (χ0) is 13.6. The van der Waals surface area contributed by atoms with E-state index in [1.165, 1.54) is 12.1 Å². The number of hydrogen-bond donors (Lipinski definition) is 1. The van der Waals surface area contributed by atoms with Gasteiger partial charge in [0, 0.05) is 17.5 Å². The molecule has 0 heterocycles. The van der Waals surface area contributed by atoms with E-state index < -0.39 is 5.51 Å². The minimum atomic E-state index is -4.22. The van der Waals surface area contributed by atoms with Crippen molar-refractivity contribution in [2.75, 3.05) is 6.54 Å². The summed E-state index contributed by atoms with van der Waals surface area (Å²) in [5, 5.41) is 3.22. The summed E-state index contributed by atoms with van der Waals surface area (Å²) in [7, 11) is 0. The van der Waals surface area contributed by atoms with Gasteiger partial charge in [0.25, 0.3) is 0 Å². The van der Waals surface area contributed by atoms with E-state index in [0.29, 0.717) is 6.04 Å². The molecule has 0 aliphatic heterocycles. The highest BCUT2D eigenvalue weighted by molar-refractivity contribution is 8.00. The molecule has 0 radical (unpaired) electrons. The Labute approximate surface area is 109 Å². The molecule has 5 heteroatoms. The third-order valence-electron chi connectivity index (χ3n) is 2.07. The number of hydrogen-bond acceptors (Lipinski definition) is 2. The number of alkyl halides is 3. The molecule has 1 aromatic rings. The fourth-order valence-corrected chi connectivity index (χ4v) is 1.82. The van der Waals surface area contributed by atoms with Gasteiger partial charge in [0.1, 0.15) is 0 Å². The first-order valence-corrected chi connectivity index (χ1v) is 6.44. The summed E-state index contributed by atoms with van der Waals surface area (Å²) in [6.07, 6.45) is 3.84. The Morgan fingerprint density at radius 2 is 1.83 bits per heavy atom. The van der Waals surface area contributed by atoms with Gasteiger partial charge in [0.15, 0.2) is 0 Å². The Hall–Kier alpha value is -0.940. The van der Waals surface area contributed by atoms with Crippen molar-refractivity contribution in [2.45, 2.75) is 30.3 Å². The predicted octanol–water partition coefficient (Wildman–Crippen LogP) is 4.31. The van der Waals surface area contributed by atoms with Crippen LogP contribution >= 0.6 is 11.8 Å². The Morgan fingerprint density at radius 3 is 2.33 bits per heavy atom. The van der Waals surface area contributed by atoms with Crippen molar-refractivity contribution in [1.29, 1.82) is 0 Å². The molecule has 100 valence electrons. The van der Waals surface area contributed by atoms with E-state index in [-0.39, 0.29) is 16.7 Å². The Morgan fingerprint density at radius 1 is 1.22 bits per heavy atom. The van der Waals surface area contributed by atoms with Crippen LogP contribution in [0.4, 0.5) is 13.2 Å². The molecule has 0 amide bonds. The zero-order valence-electron chi connectivity index (χ0n) is 10.3. The molecule has 0 spiro atoms. The molecule has 0 aliphatic rings. The van der Waals surface area contributed by atoms with E-state index in [1.807, 2.05) is 12.2 Å². The van der Waals surface area contributed by atoms with Crippen molar-refractivity contribution < 1.29 is 13.2 Å². The van der Waals surface area contributed by atoms with E-state index in [9.17, 15) is 13.2 Å². The molecule has 0 saturated heterocycles. The number of rotatable bonds is 5. The van der Waals surface area contributed by atoms with Crippen LogP contribution in [-0.4, -0.2) is 18.1 Å². The van der Waals surface area contributed by atoms with Gasteiger partial charge in [-0.3, -0.25) is 0 Å². The SMILES string of the molecule is CC(C)NCC=Cc1ccc(SC(F)(F)F)cc1. The summed E-state index contributed by atoms with van der Waals surface area (Å²) < 4.78 is 36.3. The van der Waals surface area contributed by atoms with Crippen LogP contribution in [0.15, 0.2) is 35.2 Å². The van der Waals surface area contributed by atoms with Crippen molar-refractivity contribution in [3.8, 4) is 0 Å². The zero-order valence-corrected chi connectivity index (χ0v) is 11.1. The monoisotopic (exact) mass is 275 g/mol. The molecule has 1 aromatic carbocycles. The molecule has 1 nitrogen and oxygen atoms in total. The van der Waals surface area contributed by atoms with Gasteiger partial charge in [-0.25, -0.2) is 0 Å². The van der Waals surface area contributed by atoms with Crippen molar-refractivity contribution in [1.82, 2.24) is 5.32 Å². The van der Waals surface area contributed by atoms with Crippen molar-refractivity contribution in [3.63, 3.8) is 0 Å². The molecule has 1 rings (SSSR count). The van der Waals surface area contributed by atoms with Gasteiger partial charge in [-0.2, -0.15) is 13.2 Å². The molecule has 0 fully saturated rings. The highest BCUT2D eigenvalue weighted by Gasteiger charge is 2.28. The van der Waals surface area contributed by atoms with Crippen LogP contribution in [0, 0.1) is 0 Å². The lowest BCUT2D eigenvalue weighted by molar-refractivity contribution is -0.0328. The summed E-state index contributed by atoms with van der Waals surface area (Å²) in [5.41, 5.74) is -3.33. The molecule has 0 aromatic heterocycles. The molecular formula is C13H16F3NS.